The van der Waals surface area contributed by atoms with E-state index in [4.69, 9.17) is 10.5 Å². The van der Waals surface area contributed by atoms with Crippen LogP contribution in [0.1, 0.15) is 19.8 Å². The molecule has 4 heteroatoms. The molecule has 0 aliphatic carbocycles. The summed E-state index contributed by atoms with van der Waals surface area (Å²) in [7, 11) is 0. The molecule has 0 saturated heterocycles. The summed E-state index contributed by atoms with van der Waals surface area (Å²) in [6.07, 6.45) is 0.947. The first-order chi connectivity index (χ1) is 7.15. The van der Waals surface area contributed by atoms with Crippen molar-refractivity contribution in [3.8, 4) is 5.75 Å². The minimum atomic E-state index is -0.548. The lowest BCUT2D eigenvalue weighted by Gasteiger charge is -2.15. The number of amides is 1. The van der Waals surface area contributed by atoms with Crippen LogP contribution in [0.4, 0.5) is 0 Å². The number of para-hydroxylation sites is 1. The summed E-state index contributed by atoms with van der Waals surface area (Å²) in [6, 6.07) is 7.40. The lowest BCUT2D eigenvalue weighted by atomic mass is 10.2. The van der Waals surface area contributed by atoms with E-state index in [-0.39, 0.29) is 0 Å². The van der Waals surface area contributed by atoms with Crippen LogP contribution in [-0.2, 0) is 4.79 Å². The maximum Gasteiger partial charge on any atom is 0.258 e. The maximum atomic E-state index is 11.1. The van der Waals surface area contributed by atoms with Gasteiger partial charge >= 0.3 is 0 Å². The molecular weight excluding hydrogens is 258 g/mol. The van der Waals surface area contributed by atoms with E-state index in [1.807, 2.05) is 25.1 Å². The van der Waals surface area contributed by atoms with E-state index in [0.29, 0.717) is 12.2 Å². The SMILES string of the molecule is CCCC(Oc1ccccc1Br)C(N)=O. The maximum absolute atomic E-state index is 11.1. The second-order valence-corrected chi connectivity index (χ2v) is 4.08. The molecule has 2 N–H and O–H groups in total. The molecule has 0 aliphatic heterocycles. The number of halogens is 1. The van der Waals surface area contributed by atoms with Crippen molar-refractivity contribution in [3.05, 3.63) is 28.7 Å². The average molecular weight is 272 g/mol. The van der Waals surface area contributed by atoms with Gasteiger partial charge in [-0.25, -0.2) is 0 Å². The molecule has 0 aromatic heterocycles. The van der Waals surface area contributed by atoms with E-state index in [0.717, 1.165) is 10.9 Å². The number of rotatable bonds is 5. The van der Waals surface area contributed by atoms with Crippen molar-refractivity contribution in [1.29, 1.82) is 0 Å². The minimum absolute atomic E-state index is 0.424. The van der Waals surface area contributed by atoms with Crippen LogP contribution in [0.5, 0.6) is 5.75 Å². The highest BCUT2D eigenvalue weighted by Crippen LogP contribution is 2.25. The summed E-state index contributed by atoms with van der Waals surface area (Å²) in [5.74, 6) is 0.224. The Hall–Kier alpha value is -1.03. The van der Waals surface area contributed by atoms with Gasteiger partial charge in [-0.15, -0.1) is 0 Å². The van der Waals surface area contributed by atoms with Gasteiger partial charge in [-0.3, -0.25) is 4.79 Å². The van der Waals surface area contributed by atoms with E-state index in [1.165, 1.54) is 0 Å². The highest BCUT2D eigenvalue weighted by Gasteiger charge is 2.16. The van der Waals surface area contributed by atoms with Gasteiger partial charge in [0.2, 0.25) is 0 Å². The number of carbonyl (C=O) groups is 1. The standard InChI is InChI=1S/C11H14BrNO2/c1-2-5-10(11(13)14)15-9-7-4-3-6-8(9)12/h3-4,6-7,10H,2,5H2,1H3,(H2,13,14). The van der Waals surface area contributed by atoms with Gasteiger partial charge in [-0.2, -0.15) is 0 Å². The summed E-state index contributed by atoms with van der Waals surface area (Å²) < 4.78 is 6.35. The predicted molar refractivity (Wildman–Crippen MR) is 62.7 cm³/mol. The van der Waals surface area contributed by atoms with Crippen LogP contribution in [0.15, 0.2) is 28.7 Å². The van der Waals surface area contributed by atoms with Crippen molar-refractivity contribution in [3.63, 3.8) is 0 Å². The molecule has 1 rings (SSSR count). The van der Waals surface area contributed by atoms with Crippen LogP contribution in [0, 0.1) is 0 Å². The number of hydrogen-bond donors (Lipinski definition) is 1. The van der Waals surface area contributed by atoms with Gasteiger partial charge in [-0.05, 0) is 34.5 Å². The number of hydrogen-bond acceptors (Lipinski definition) is 2. The molecular formula is C11H14BrNO2. The molecule has 1 aromatic carbocycles. The average Bonchev–Trinajstić information content (AvgIpc) is 2.20. The molecule has 1 unspecified atom stereocenters. The van der Waals surface area contributed by atoms with Crippen LogP contribution in [-0.4, -0.2) is 12.0 Å². The van der Waals surface area contributed by atoms with Crippen molar-refractivity contribution in [2.45, 2.75) is 25.9 Å². The Morgan fingerprint density at radius 1 is 1.53 bits per heavy atom. The summed E-state index contributed by atoms with van der Waals surface area (Å²) >= 11 is 3.35. The van der Waals surface area contributed by atoms with E-state index in [9.17, 15) is 4.79 Å². The normalized spacial score (nSPS) is 12.1. The van der Waals surface area contributed by atoms with E-state index in [2.05, 4.69) is 15.9 Å². The first-order valence-electron chi connectivity index (χ1n) is 4.85. The first kappa shape index (κ1) is 12.0. The lowest BCUT2D eigenvalue weighted by Crippen LogP contribution is -2.33. The summed E-state index contributed by atoms with van der Waals surface area (Å²) in [4.78, 5) is 11.1. The molecule has 0 bridgehead atoms. The van der Waals surface area contributed by atoms with Crippen molar-refractivity contribution in [2.75, 3.05) is 0 Å². The number of ether oxygens (including phenoxy) is 1. The van der Waals surface area contributed by atoms with Gasteiger partial charge in [0.1, 0.15) is 5.75 Å². The Labute approximate surface area is 97.7 Å². The fraction of sp³-hybridized carbons (Fsp3) is 0.364. The van der Waals surface area contributed by atoms with Crippen LogP contribution in [0.25, 0.3) is 0 Å². The Bertz CT molecular complexity index is 341. The molecule has 1 amide bonds. The van der Waals surface area contributed by atoms with Crippen LogP contribution < -0.4 is 10.5 Å². The van der Waals surface area contributed by atoms with Gasteiger partial charge in [0.05, 0.1) is 4.47 Å². The third-order valence-corrected chi connectivity index (χ3v) is 2.63. The van der Waals surface area contributed by atoms with Gasteiger partial charge in [0.15, 0.2) is 6.10 Å². The Balaban J connectivity index is 2.74. The van der Waals surface area contributed by atoms with Crippen molar-refractivity contribution < 1.29 is 9.53 Å². The second kappa shape index (κ2) is 5.75. The van der Waals surface area contributed by atoms with E-state index in [1.54, 1.807) is 6.07 Å². The fourth-order valence-corrected chi connectivity index (χ4v) is 1.59. The first-order valence-corrected chi connectivity index (χ1v) is 5.65. The number of carbonyl (C=O) groups excluding carboxylic acids is 1. The Kier molecular flexibility index (Phi) is 4.62. The van der Waals surface area contributed by atoms with Crippen LogP contribution in [0.2, 0.25) is 0 Å². The monoisotopic (exact) mass is 271 g/mol. The quantitative estimate of drug-likeness (QED) is 0.895. The zero-order valence-electron chi connectivity index (χ0n) is 8.57. The van der Waals surface area contributed by atoms with Crippen molar-refractivity contribution in [1.82, 2.24) is 0 Å². The van der Waals surface area contributed by atoms with E-state index < -0.39 is 12.0 Å². The van der Waals surface area contributed by atoms with Crippen molar-refractivity contribution in [2.24, 2.45) is 5.73 Å². The van der Waals surface area contributed by atoms with Crippen molar-refractivity contribution >= 4 is 21.8 Å². The van der Waals surface area contributed by atoms with Gasteiger partial charge in [0.25, 0.3) is 5.91 Å². The van der Waals surface area contributed by atoms with Gasteiger partial charge in [0, 0.05) is 0 Å². The van der Waals surface area contributed by atoms with Crippen LogP contribution in [0.3, 0.4) is 0 Å². The van der Waals surface area contributed by atoms with Crippen LogP contribution >= 0.6 is 15.9 Å². The zero-order chi connectivity index (χ0) is 11.3. The Morgan fingerprint density at radius 3 is 2.73 bits per heavy atom. The lowest BCUT2D eigenvalue weighted by molar-refractivity contribution is -0.125. The topological polar surface area (TPSA) is 52.3 Å². The largest absolute Gasteiger partial charge is 0.479 e. The summed E-state index contributed by atoms with van der Waals surface area (Å²) in [5.41, 5.74) is 5.24. The molecule has 0 heterocycles. The van der Waals surface area contributed by atoms with E-state index >= 15 is 0 Å². The van der Waals surface area contributed by atoms with Gasteiger partial charge in [-0.1, -0.05) is 25.5 Å². The molecule has 1 aromatic rings. The summed E-state index contributed by atoms with van der Waals surface area (Å²) in [6.45, 7) is 1.99. The highest BCUT2D eigenvalue weighted by molar-refractivity contribution is 9.10. The molecule has 0 spiro atoms. The molecule has 3 nitrogen and oxygen atoms in total. The fourth-order valence-electron chi connectivity index (χ4n) is 1.22. The molecule has 82 valence electrons. The third kappa shape index (κ3) is 3.55. The molecule has 1 atom stereocenters. The number of primary amides is 1. The third-order valence-electron chi connectivity index (χ3n) is 1.97. The number of benzene rings is 1. The smallest absolute Gasteiger partial charge is 0.258 e. The molecule has 0 saturated carbocycles. The summed E-state index contributed by atoms with van der Waals surface area (Å²) in [5, 5.41) is 0. The number of nitrogens with two attached hydrogens (primary N) is 1. The predicted octanol–water partition coefficient (Wildman–Crippen LogP) is 2.48. The molecule has 15 heavy (non-hydrogen) atoms. The highest BCUT2D eigenvalue weighted by atomic mass is 79.9. The molecule has 0 radical (unpaired) electrons. The molecule has 0 aliphatic rings. The second-order valence-electron chi connectivity index (χ2n) is 3.23. The Morgan fingerprint density at radius 2 is 2.20 bits per heavy atom. The van der Waals surface area contributed by atoms with Gasteiger partial charge < -0.3 is 10.5 Å². The zero-order valence-corrected chi connectivity index (χ0v) is 10.2. The minimum Gasteiger partial charge on any atom is -0.479 e. The molecule has 0 fully saturated rings.